The molecule has 0 aliphatic heterocycles. The van der Waals surface area contributed by atoms with Crippen LogP contribution in [0.25, 0.3) is 0 Å². The van der Waals surface area contributed by atoms with Crippen LogP contribution in [0.5, 0.6) is 0 Å². The van der Waals surface area contributed by atoms with E-state index in [0.717, 1.165) is 0 Å². The zero-order valence-electron chi connectivity index (χ0n) is 7.71. The van der Waals surface area contributed by atoms with E-state index in [1.165, 1.54) is 17.6 Å². The predicted molar refractivity (Wildman–Crippen MR) is 47.1 cm³/mol. The van der Waals surface area contributed by atoms with Crippen molar-refractivity contribution in [3.63, 3.8) is 0 Å². The van der Waals surface area contributed by atoms with Crippen LogP contribution in [0.3, 0.4) is 0 Å². The summed E-state index contributed by atoms with van der Waals surface area (Å²) in [6.45, 7) is 8.85. The molecule has 0 unspecified atom stereocenters. The average Bonchev–Trinajstić information content (AvgIpc) is 1.98. The van der Waals surface area contributed by atoms with Crippen LogP contribution < -0.4 is 0 Å². The minimum atomic E-state index is 0. The van der Waals surface area contributed by atoms with Crippen molar-refractivity contribution in [2.45, 2.75) is 34.1 Å². The van der Waals surface area contributed by atoms with E-state index >= 15 is 0 Å². The maximum absolute atomic E-state index is 2.22. The van der Waals surface area contributed by atoms with Gasteiger partial charge in [0.2, 0.25) is 0 Å². The van der Waals surface area contributed by atoms with Gasteiger partial charge >= 0.3 is 0 Å². The van der Waals surface area contributed by atoms with Crippen molar-refractivity contribution in [1.29, 1.82) is 0 Å². The van der Waals surface area contributed by atoms with E-state index in [1.54, 1.807) is 11.1 Å². The van der Waals surface area contributed by atoms with Crippen molar-refractivity contribution < 1.29 is 0 Å². The third-order valence-corrected chi connectivity index (χ3v) is 2.37. The van der Waals surface area contributed by atoms with E-state index in [0.29, 0.717) is 0 Å². The quantitative estimate of drug-likeness (QED) is 0.441. The molecule has 0 aromatic rings. The van der Waals surface area contributed by atoms with Gasteiger partial charge in [-0.3, -0.25) is 0 Å². The Hall–Kier alpha value is 0.0774. The van der Waals surface area contributed by atoms with Crippen molar-refractivity contribution in [2.24, 2.45) is 0 Å². The number of allylic oxidation sites excluding steroid dienone is 4. The standard InChI is InChI=1S/C9H14.Li/c1-6-5-7(2)9(4)8(6)3;/h5H2,1-4H3;. The minimum Gasteiger partial charge on any atom is -0.0661 e. The van der Waals surface area contributed by atoms with Gasteiger partial charge in [-0.25, -0.2) is 0 Å². The molecular formula is C9H14Li. The molecule has 0 spiro atoms. The normalized spacial score (nSPS) is 18.0. The van der Waals surface area contributed by atoms with Gasteiger partial charge in [-0.1, -0.05) is 11.1 Å². The molecule has 0 fully saturated rings. The maximum Gasteiger partial charge on any atom is 0 e. The summed E-state index contributed by atoms with van der Waals surface area (Å²) >= 11 is 0. The van der Waals surface area contributed by atoms with E-state index in [4.69, 9.17) is 0 Å². The third-order valence-electron chi connectivity index (χ3n) is 2.37. The van der Waals surface area contributed by atoms with Crippen LogP contribution in [0, 0.1) is 0 Å². The van der Waals surface area contributed by atoms with Gasteiger partial charge in [0.05, 0.1) is 0 Å². The Kier molecular flexibility index (Phi) is 3.49. The van der Waals surface area contributed by atoms with E-state index < -0.39 is 0 Å². The first-order valence-electron chi connectivity index (χ1n) is 3.46. The van der Waals surface area contributed by atoms with Gasteiger partial charge < -0.3 is 0 Å². The summed E-state index contributed by atoms with van der Waals surface area (Å²) in [6.07, 6.45) is 1.21. The molecule has 0 aromatic carbocycles. The van der Waals surface area contributed by atoms with Crippen LogP contribution in [0.1, 0.15) is 34.1 Å². The van der Waals surface area contributed by atoms with Gasteiger partial charge in [-0.2, -0.15) is 0 Å². The molecule has 0 N–H and O–H groups in total. The van der Waals surface area contributed by atoms with E-state index in [2.05, 4.69) is 27.7 Å². The van der Waals surface area contributed by atoms with E-state index in [9.17, 15) is 0 Å². The van der Waals surface area contributed by atoms with Gasteiger partial charge in [0, 0.05) is 18.9 Å². The summed E-state index contributed by atoms with van der Waals surface area (Å²) in [7, 11) is 0. The summed E-state index contributed by atoms with van der Waals surface area (Å²) in [5.41, 5.74) is 6.11. The van der Waals surface area contributed by atoms with Crippen molar-refractivity contribution in [3.8, 4) is 0 Å². The zero-order chi connectivity index (χ0) is 7.02. The van der Waals surface area contributed by atoms with Crippen LogP contribution in [-0.4, -0.2) is 18.9 Å². The summed E-state index contributed by atoms with van der Waals surface area (Å²) < 4.78 is 0. The molecule has 51 valence electrons. The second-order valence-electron chi connectivity index (χ2n) is 2.99. The van der Waals surface area contributed by atoms with Gasteiger partial charge in [0.15, 0.2) is 0 Å². The summed E-state index contributed by atoms with van der Waals surface area (Å²) in [5.74, 6) is 0. The molecule has 10 heavy (non-hydrogen) atoms. The van der Waals surface area contributed by atoms with Gasteiger partial charge in [-0.05, 0) is 45.3 Å². The zero-order valence-corrected chi connectivity index (χ0v) is 7.71. The molecule has 1 aliphatic carbocycles. The second kappa shape index (κ2) is 3.46. The van der Waals surface area contributed by atoms with Gasteiger partial charge in [0.1, 0.15) is 0 Å². The van der Waals surface area contributed by atoms with Crippen molar-refractivity contribution in [3.05, 3.63) is 22.3 Å². The first-order chi connectivity index (χ1) is 4.13. The molecule has 0 atom stereocenters. The summed E-state index contributed by atoms with van der Waals surface area (Å²) in [6, 6.07) is 0. The molecule has 0 amide bonds. The van der Waals surface area contributed by atoms with Crippen LogP contribution in [-0.2, 0) is 0 Å². The molecule has 0 bridgehead atoms. The monoisotopic (exact) mass is 129 g/mol. The van der Waals surface area contributed by atoms with Crippen molar-refractivity contribution >= 4 is 18.9 Å². The smallest absolute Gasteiger partial charge is 0 e. The molecule has 0 heterocycles. The first-order valence-corrected chi connectivity index (χ1v) is 3.46. The Bertz CT molecular complexity index is 175. The van der Waals surface area contributed by atoms with E-state index in [-0.39, 0.29) is 18.9 Å². The molecule has 1 aliphatic rings. The Morgan fingerprint density at radius 3 is 1.20 bits per heavy atom. The minimum absolute atomic E-state index is 0. The van der Waals surface area contributed by atoms with Crippen molar-refractivity contribution in [2.75, 3.05) is 0 Å². The predicted octanol–water partition coefficient (Wildman–Crippen LogP) is 2.68. The fourth-order valence-electron chi connectivity index (χ4n) is 1.30. The Balaban J connectivity index is 0.000000810. The summed E-state index contributed by atoms with van der Waals surface area (Å²) in [4.78, 5) is 0. The second-order valence-corrected chi connectivity index (χ2v) is 2.99. The van der Waals surface area contributed by atoms with Gasteiger partial charge in [-0.15, -0.1) is 0 Å². The van der Waals surface area contributed by atoms with Crippen LogP contribution in [0.2, 0.25) is 0 Å². The molecule has 0 aromatic heterocycles. The molecule has 0 saturated heterocycles. The molecule has 1 radical (unpaired) electrons. The first kappa shape index (κ1) is 10.1. The Morgan fingerprint density at radius 1 is 0.800 bits per heavy atom. The largest absolute Gasteiger partial charge is 0.0661 e. The Labute approximate surface area is 75.6 Å². The van der Waals surface area contributed by atoms with Gasteiger partial charge in [0.25, 0.3) is 0 Å². The fourth-order valence-corrected chi connectivity index (χ4v) is 1.30. The maximum atomic E-state index is 2.22. The van der Waals surface area contributed by atoms with Crippen LogP contribution in [0.15, 0.2) is 22.3 Å². The molecule has 0 nitrogen and oxygen atoms in total. The Morgan fingerprint density at radius 2 is 1.10 bits per heavy atom. The van der Waals surface area contributed by atoms with E-state index in [1.807, 2.05) is 0 Å². The topological polar surface area (TPSA) is 0 Å². The number of hydrogen-bond acceptors (Lipinski definition) is 0. The number of hydrogen-bond donors (Lipinski definition) is 0. The SMILES string of the molecule is CC1=C(C)C(C)=C(C)C1.[Li]. The third kappa shape index (κ3) is 1.57. The molecule has 1 heteroatoms. The number of rotatable bonds is 0. The molecular weight excluding hydrogens is 115 g/mol. The molecule has 1 rings (SSSR count). The van der Waals surface area contributed by atoms with Crippen LogP contribution >= 0.6 is 0 Å². The van der Waals surface area contributed by atoms with Crippen molar-refractivity contribution in [1.82, 2.24) is 0 Å². The fraction of sp³-hybridized carbons (Fsp3) is 0.556. The summed E-state index contributed by atoms with van der Waals surface area (Å²) in [5, 5.41) is 0. The molecule has 0 saturated carbocycles. The average molecular weight is 129 g/mol. The van der Waals surface area contributed by atoms with Crippen LogP contribution in [0.4, 0.5) is 0 Å².